The smallest absolute Gasteiger partial charge is 0.220 e. The van der Waals surface area contributed by atoms with Crippen molar-refractivity contribution >= 4 is 23.0 Å². The summed E-state index contributed by atoms with van der Waals surface area (Å²) in [5.74, 6) is -0.0505. The van der Waals surface area contributed by atoms with Crippen molar-refractivity contribution in [2.45, 2.75) is 39.8 Å². The molecule has 0 saturated carbocycles. The third-order valence-corrected chi connectivity index (χ3v) is 5.07. The van der Waals surface area contributed by atoms with E-state index in [4.69, 9.17) is 0 Å². The monoisotopic (exact) mass is 358 g/mol. The van der Waals surface area contributed by atoms with Gasteiger partial charge in [0.25, 0.3) is 0 Å². The topological polar surface area (TPSA) is 49.4 Å². The average Bonchev–Trinajstić information content (AvgIpc) is 3.17. The van der Waals surface area contributed by atoms with E-state index in [0.717, 1.165) is 30.1 Å². The molecule has 0 aliphatic heterocycles. The minimum atomic E-state index is -0.0842. The first kappa shape index (κ1) is 19.3. The molecule has 1 amide bonds. The Balaban J connectivity index is 1.78. The van der Waals surface area contributed by atoms with Crippen LogP contribution < -0.4 is 5.32 Å². The zero-order chi connectivity index (χ0) is 18.1. The van der Waals surface area contributed by atoms with Crippen LogP contribution >= 0.6 is 11.3 Å². The first-order valence-electron chi connectivity index (χ1n) is 8.76. The highest BCUT2D eigenvalue weighted by atomic mass is 32.1. The molecule has 2 rings (SSSR count). The number of rotatable bonds is 10. The SMILES string of the molecule is CCN(CC)Cc1cccc(CNC(=O)CCC(=O)c2cccs2)c1. The van der Waals surface area contributed by atoms with E-state index in [9.17, 15) is 9.59 Å². The average molecular weight is 359 g/mol. The van der Waals surface area contributed by atoms with Crippen LogP contribution in [0.2, 0.25) is 0 Å². The number of benzene rings is 1. The highest BCUT2D eigenvalue weighted by Crippen LogP contribution is 2.12. The van der Waals surface area contributed by atoms with E-state index in [1.165, 1.54) is 16.9 Å². The van der Waals surface area contributed by atoms with Gasteiger partial charge in [0, 0.05) is 25.9 Å². The van der Waals surface area contributed by atoms with Crippen LogP contribution in [-0.4, -0.2) is 29.7 Å². The summed E-state index contributed by atoms with van der Waals surface area (Å²) in [5.41, 5.74) is 2.34. The first-order valence-corrected chi connectivity index (χ1v) is 9.64. The van der Waals surface area contributed by atoms with Gasteiger partial charge in [0.05, 0.1) is 4.88 Å². The third kappa shape index (κ3) is 6.44. The molecule has 1 aromatic carbocycles. The lowest BCUT2D eigenvalue weighted by Crippen LogP contribution is -2.24. The number of thiophene rings is 1. The molecule has 1 N–H and O–H groups in total. The molecule has 1 aromatic heterocycles. The van der Waals surface area contributed by atoms with E-state index in [-0.39, 0.29) is 24.5 Å². The number of nitrogens with zero attached hydrogens (tertiary/aromatic N) is 1. The number of carbonyl (C=O) groups excluding carboxylic acids is 2. The second kappa shape index (κ2) is 10.1. The molecule has 0 bridgehead atoms. The van der Waals surface area contributed by atoms with Crippen molar-refractivity contribution < 1.29 is 9.59 Å². The van der Waals surface area contributed by atoms with Gasteiger partial charge in [-0.05, 0) is 35.7 Å². The van der Waals surface area contributed by atoms with Crippen molar-refractivity contribution in [2.24, 2.45) is 0 Å². The van der Waals surface area contributed by atoms with Crippen LogP contribution in [0.4, 0.5) is 0 Å². The second-order valence-electron chi connectivity index (χ2n) is 5.96. The summed E-state index contributed by atoms with van der Waals surface area (Å²) in [6, 6.07) is 11.9. The van der Waals surface area contributed by atoms with Crippen molar-refractivity contribution in [1.29, 1.82) is 0 Å². The standard InChI is InChI=1S/C20H26N2O2S/c1-3-22(4-2)15-17-8-5-7-16(13-17)14-21-20(24)11-10-18(23)19-9-6-12-25-19/h5-9,12-13H,3-4,10-11,14-15H2,1-2H3,(H,21,24). The van der Waals surface area contributed by atoms with Gasteiger partial charge >= 0.3 is 0 Å². The molecular formula is C20H26N2O2S. The summed E-state index contributed by atoms with van der Waals surface area (Å²) in [5, 5.41) is 4.78. The van der Waals surface area contributed by atoms with Crippen molar-refractivity contribution in [3.8, 4) is 0 Å². The molecular weight excluding hydrogens is 332 g/mol. The fourth-order valence-corrected chi connectivity index (χ4v) is 3.31. The van der Waals surface area contributed by atoms with E-state index < -0.39 is 0 Å². The van der Waals surface area contributed by atoms with Gasteiger partial charge < -0.3 is 5.32 Å². The van der Waals surface area contributed by atoms with Crippen LogP contribution in [-0.2, 0) is 17.9 Å². The maximum absolute atomic E-state index is 12.0. The molecule has 1 heterocycles. The zero-order valence-electron chi connectivity index (χ0n) is 15.0. The summed E-state index contributed by atoms with van der Waals surface area (Å²) >= 11 is 1.42. The Morgan fingerprint density at radius 1 is 1.04 bits per heavy atom. The Hall–Kier alpha value is -1.98. The lowest BCUT2D eigenvalue weighted by molar-refractivity contribution is -0.121. The van der Waals surface area contributed by atoms with Crippen LogP contribution in [0.1, 0.15) is 47.5 Å². The predicted octanol–water partition coefficient (Wildman–Crippen LogP) is 3.87. The van der Waals surface area contributed by atoms with Crippen LogP contribution in [0, 0.1) is 0 Å². The Bertz CT molecular complexity index is 679. The van der Waals surface area contributed by atoms with Gasteiger partial charge in [0.2, 0.25) is 5.91 Å². The molecule has 134 valence electrons. The van der Waals surface area contributed by atoms with Crippen molar-refractivity contribution in [1.82, 2.24) is 10.2 Å². The van der Waals surface area contributed by atoms with Crippen LogP contribution in [0.5, 0.6) is 0 Å². The molecule has 0 aliphatic carbocycles. The van der Waals surface area contributed by atoms with Gasteiger partial charge in [-0.2, -0.15) is 0 Å². The summed E-state index contributed by atoms with van der Waals surface area (Å²) in [4.78, 5) is 27.0. The number of nitrogens with one attached hydrogen (secondary N) is 1. The summed E-state index contributed by atoms with van der Waals surface area (Å²) in [6.07, 6.45) is 0.490. The molecule has 0 fully saturated rings. The van der Waals surface area contributed by atoms with E-state index in [0.29, 0.717) is 6.54 Å². The summed E-state index contributed by atoms with van der Waals surface area (Å²) < 4.78 is 0. The largest absolute Gasteiger partial charge is 0.352 e. The molecule has 5 heteroatoms. The van der Waals surface area contributed by atoms with E-state index >= 15 is 0 Å². The molecule has 25 heavy (non-hydrogen) atoms. The van der Waals surface area contributed by atoms with Crippen LogP contribution in [0.25, 0.3) is 0 Å². The number of ketones is 1. The Kier molecular flexibility index (Phi) is 7.82. The molecule has 2 aromatic rings. The molecule has 0 atom stereocenters. The normalized spacial score (nSPS) is 10.8. The van der Waals surface area contributed by atoms with E-state index in [1.54, 1.807) is 6.07 Å². The van der Waals surface area contributed by atoms with Gasteiger partial charge in [-0.3, -0.25) is 14.5 Å². The number of Topliss-reactive ketones (excluding diaryl/α,β-unsaturated/α-hetero) is 1. The molecule has 0 spiro atoms. The highest BCUT2D eigenvalue weighted by Gasteiger charge is 2.10. The van der Waals surface area contributed by atoms with Gasteiger partial charge in [-0.15, -0.1) is 11.3 Å². The predicted molar refractivity (Wildman–Crippen MR) is 103 cm³/mol. The van der Waals surface area contributed by atoms with E-state index in [2.05, 4.69) is 36.2 Å². The van der Waals surface area contributed by atoms with Gasteiger partial charge in [-0.25, -0.2) is 0 Å². The molecule has 0 unspecified atom stereocenters. The number of carbonyl (C=O) groups is 2. The van der Waals surface area contributed by atoms with E-state index in [1.807, 2.05) is 23.6 Å². The highest BCUT2D eigenvalue weighted by molar-refractivity contribution is 7.12. The van der Waals surface area contributed by atoms with Gasteiger partial charge in [-0.1, -0.05) is 44.2 Å². The summed E-state index contributed by atoms with van der Waals surface area (Å²) in [6.45, 7) is 7.78. The third-order valence-electron chi connectivity index (χ3n) is 4.16. The second-order valence-corrected chi connectivity index (χ2v) is 6.91. The van der Waals surface area contributed by atoms with Crippen LogP contribution in [0.3, 0.4) is 0 Å². The minimum Gasteiger partial charge on any atom is -0.352 e. The first-order chi connectivity index (χ1) is 12.1. The quantitative estimate of drug-likeness (QED) is 0.656. The lowest BCUT2D eigenvalue weighted by atomic mass is 10.1. The summed E-state index contributed by atoms with van der Waals surface area (Å²) in [7, 11) is 0. The Morgan fingerprint density at radius 3 is 2.48 bits per heavy atom. The van der Waals surface area contributed by atoms with Crippen molar-refractivity contribution in [3.63, 3.8) is 0 Å². The minimum absolute atomic E-state index is 0.0337. The van der Waals surface area contributed by atoms with Gasteiger partial charge in [0.1, 0.15) is 0 Å². The lowest BCUT2D eigenvalue weighted by Gasteiger charge is -2.18. The Labute approximate surface area is 153 Å². The Morgan fingerprint density at radius 2 is 1.80 bits per heavy atom. The number of hydrogen-bond acceptors (Lipinski definition) is 4. The number of amides is 1. The maximum atomic E-state index is 12.0. The molecule has 4 nitrogen and oxygen atoms in total. The van der Waals surface area contributed by atoms with Gasteiger partial charge in [0.15, 0.2) is 5.78 Å². The maximum Gasteiger partial charge on any atom is 0.220 e. The number of hydrogen-bond donors (Lipinski definition) is 1. The fourth-order valence-electron chi connectivity index (χ4n) is 2.62. The molecule has 0 saturated heterocycles. The molecule has 0 aliphatic rings. The van der Waals surface area contributed by atoms with Crippen molar-refractivity contribution in [3.05, 3.63) is 57.8 Å². The van der Waals surface area contributed by atoms with Crippen LogP contribution in [0.15, 0.2) is 41.8 Å². The fraction of sp³-hybridized carbons (Fsp3) is 0.400. The molecule has 0 radical (unpaired) electrons. The van der Waals surface area contributed by atoms with Crippen molar-refractivity contribution in [2.75, 3.05) is 13.1 Å². The zero-order valence-corrected chi connectivity index (χ0v) is 15.8.